The fourth-order valence-corrected chi connectivity index (χ4v) is 5.92. The molecule has 1 amide bonds. The lowest BCUT2D eigenvalue weighted by Crippen LogP contribution is -2.40. The molecule has 7 nitrogen and oxygen atoms in total. The first kappa shape index (κ1) is 20.5. The monoisotopic (exact) mass is 435 g/mol. The van der Waals surface area contributed by atoms with Gasteiger partial charge in [-0.1, -0.05) is 20.8 Å². The van der Waals surface area contributed by atoms with Crippen LogP contribution in [0.3, 0.4) is 0 Å². The molecule has 0 aliphatic carbocycles. The van der Waals surface area contributed by atoms with E-state index in [0.29, 0.717) is 44.1 Å². The summed E-state index contributed by atoms with van der Waals surface area (Å²) in [6.07, 6.45) is 2.28. The van der Waals surface area contributed by atoms with Gasteiger partial charge in [-0.05, 0) is 30.2 Å². The van der Waals surface area contributed by atoms with Gasteiger partial charge >= 0.3 is 0 Å². The smallest absolute Gasteiger partial charge is 0.270 e. The number of carbonyl (C=O) groups excluding carboxylic acids is 1. The summed E-state index contributed by atoms with van der Waals surface area (Å²) in [5.74, 6) is -0.0828. The summed E-state index contributed by atoms with van der Waals surface area (Å²) in [5, 5.41) is 0.923. The van der Waals surface area contributed by atoms with Crippen molar-refractivity contribution in [3.63, 3.8) is 0 Å². The molecule has 4 rings (SSSR count). The molecule has 1 saturated heterocycles. The summed E-state index contributed by atoms with van der Waals surface area (Å²) >= 11 is 1.42. The van der Waals surface area contributed by atoms with Gasteiger partial charge < -0.3 is 9.64 Å². The van der Waals surface area contributed by atoms with Crippen molar-refractivity contribution in [2.24, 2.45) is 0 Å². The number of carbonyl (C=O) groups is 1. The molecule has 2 aromatic rings. The van der Waals surface area contributed by atoms with Gasteiger partial charge in [-0.15, -0.1) is 11.3 Å². The highest BCUT2D eigenvalue weighted by Crippen LogP contribution is 2.34. The average Bonchev–Trinajstić information content (AvgIpc) is 3.35. The number of hydrogen-bond acceptors (Lipinski definition) is 6. The van der Waals surface area contributed by atoms with Gasteiger partial charge in [-0.2, -0.15) is 4.31 Å². The molecule has 2 aliphatic heterocycles. The van der Waals surface area contributed by atoms with Gasteiger partial charge in [0.15, 0.2) is 0 Å². The zero-order chi connectivity index (χ0) is 20.8. The molecule has 0 saturated carbocycles. The van der Waals surface area contributed by atoms with Crippen LogP contribution in [-0.4, -0.2) is 56.5 Å². The third-order valence-electron chi connectivity index (χ3n) is 5.16. The van der Waals surface area contributed by atoms with Crippen LogP contribution in [0.1, 0.15) is 41.0 Å². The summed E-state index contributed by atoms with van der Waals surface area (Å²) in [5.41, 5.74) is 1.56. The first-order valence-corrected chi connectivity index (χ1v) is 11.9. The van der Waals surface area contributed by atoms with Crippen molar-refractivity contribution >= 4 is 33.0 Å². The van der Waals surface area contributed by atoms with E-state index in [2.05, 4.69) is 25.8 Å². The summed E-state index contributed by atoms with van der Waals surface area (Å²) in [6, 6.07) is 5.06. The fourth-order valence-electron chi connectivity index (χ4n) is 3.54. The van der Waals surface area contributed by atoms with Gasteiger partial charge in [-0.25, -0.2) is 13.4 Å². The molecule has 0 atom stereocenters. The molecule has 156 valence electrons. The molecular weight excluding hydrogens is 410 g/mol. The molecule has 0 bridgehead atoms. The van der Waals surface area contributed by atoms with Crippen molar-refractivity contribution in [1.82, 2.24) is 9.29 Å². The number of sulfonamides is 1. The number of rotatable bonds is 3. The Labute approximate surface area is 175 Å². The van der Waals surface area contributed by atoms with Crippen LogP contribution in [0.15, 0.2) is 29.3 Å². The van der Waals surface area contributed by atoms with Gasteiger partial charge in [-0.3, -0.25) is 4.79 Å². The molecule has 0 N–H and O–H groups in total. The number of ether oxygens (including phenoxy) is 1. The van der Waals surface area contributed by atoms with Crippen LogP contribution >= 0.6 is 11.3 Å². The second kappa shape index (κ2) is 7.46. The maximum Gasteiger partial charge on any atom is 0.270 e. The highest BCUT2D eigenvalue weighted by atomic mass is 32.2. The number of benzene rings is 1. The maximum atomic E-state index is 13.0. The molecule has 3 heterocycles. The first-order valence-electron chi connectivity index (χ1n) is 9.67. The Morgan fingerprint density at radius 1 is 1.17 bits per heavy atom. The molecule has 1 aromatic heterocycles. The molecular formula is C20H25N3O4S2. The van der Waals surface area contributed by atoms with Crippen LogP contribution in [0.4, 0.5) is 5.69 Å². The van der Waals surface area contributed by atoms with Crippen LogP contribution in [0, 0.1) is 0 Å². The Morgan fingerprint density at radius 3 is 2.55 bits per heavy atom. The van der Waals surface area contributed by atoms with Crippen LogP contribution in [-0.2, 0) is 26.6 Å². The molecule has 0 radical (unpaired) electrons. The highest BCUT2D eigenvalue weighted by Gasteiger charge is 2.31. The van der Waals surface area contributed by atoms with Crippen molar-refractivity contribution in [3.05, 3.63) is 39.8 Å². The number of thiazole rings is 1. The third kappa shape index (κ3) is 3.84. The van der Waals surface area contributed by atoms with Crippen molar-refractivity contribution in [2.75, 3.05) is 37.7 Å². The van der Waals surface area contributed by atoms with E-state index in [-0.39, 0.29) is 16.2 Å². The lowest BCUT2D eigenvalue weighted by molar-refractivity contribution is 0.0730. The van der Waals surface area contributed by atoms with Crippen molar-refractivity contribution < 1.29 is 17.9 Å². The zero-order valence-corrected chi connectivity index (χ0v) is 18.5. The van der Waals surface area contributed by atoms with Crippen molar-refractivity contribution in [2.45, 2.75) is 37.5 Å². The quantitative estimate of drug-likeness (QED) is 0.741. The lowest BCUT2D eigenvalue weighted by Gasteiger charge is -2.26. The van der Waals surface area contributed by atoms with Gasteiger partial charge in [0.05, 0.1) is 29.3 Å². The number of fused-ring (bicyclic) bond motifs is 1. The van der Waals surface area contributed by atoms with E-state index in [0.717, 1.165) is 16.3 Å². The second-order valence-corrected chi connectivity index (χ2v) is 11.3. The lowest BCUT2D eigenvalue weighted by atomic mass is 9.98. The maximum absolute atomic E-state index is 13.0. The largest absolute Gasteiger partial charge is 0.379 e. The van der Waals surface area contributed by atoms with Gasteiger partial charge in [0.25, 0.3) is 5.91 Å². The van der Waals surface area contributed by atoms with Crippen LogP contribution in [0.5, 0.6) is 0 Å². The number of nitrogens with zero attached hydrogens (tertiary/aromatic N) is 3. The number of amides is 1. The predicted octanol–water partition coefficient (Wildman–Crippen LogP) is 2.66. The minimum absolute atomic E-state index is 0.0828. The fraction of sp³-hybridized carbons (Fsp3) is 0.500. The molecule has 2 aliphatic rings. The Bertz CT molecular complexity index is 1030. The van der Waals surface area contributed by atoms with E-state index in [1.165, 1.54) is 15.6 Å². The van der Waals surface area contributed by atoms with E-state index in [4.69, 9.17) is 4.74 Å². The van der Waals surface area contributed by atoms with E-state index >= 15 is 0 Å². The standard InChI is InChI=1S/C20H25N3O4S2/c1-20(2,3)19-21-13-17(28-19)18(24)23-7-6-14-12-15(4-5-16(14)23)29(25,26)22-8-10-27-11-9-22/h4-5,12-13H,6-11H2,1-3H3. The van der Waals surface area contributed by atoms with E-state index < -0.39 is 10.0 Å². The molecule has 9 heteroatoms. The van der Waals surface area contributed by atoms with Crippen molar-refractivity contribution in [3.8, 4) is 0 Å². The minimum Gasteiger partial charge on any atom is -0.379 e. The van der Waals surface area contributed by atoms with E-state index in [9.17, 15) is 13.2 Å². The number of aromatic nitrogens is 1. The van der Waals surface area contributed by atoms with Gasteiger partial charge in [0.2, 0.25) is 10.0 Å². The number of hydrogen-bond donors (Lipinski definition) is 0. The van der Waals surface area contributed by atoms with Crippen molar-refractivity contribution in [1.29, 1.82) is 0 Å². The molecule has 1 aromatic carbocycles. The number of anilines is 1. The van der Waals surface area contributed by atoms with Crippen LogP contribution in [0.25, 0.3) is 0 Å². The summed E-state index contributed by atoms with van der Waals surface area (Å²) in [7, 11) is -3.54. The third-order valence-corrected chi connectivity index (χ3v) is 8.46. The normalized spacial score (nSPS) is 18.1. The van der Waals surface area contributed by atoms with Crippen LogP contribution < -0.4 is 4.90 Å². The molecule has 29 heavy (non-hydrogen) atoms. The SMILES string of the molecule is CC(C)(C)c1ncc(C(=O)N2CCc3cc(S(=O)(=O)N4CCOCC4)ccc32)s1. The molecule has 0 unspecified atom stereocenters. The summed E-state index contributed by atoms with van der Waals surface area (Å²) < 4.78 is 32.5. The molecule has 1 fully saturated rings. The Hall–Kier alpha value is -1.81. The van der Waals surface area contributed by atoms with E-state index in [1.807, 2.05) is 0 Å². The Morgan fingerprint density at radius 2 is 1.90 bits per heavy atom. The minimum atomic E-state index is -3.54. The zero-order valence-electron chi connectivity index (χ0n) is 16.8. The Kier molecular flexibility index (Phi) is 5.27. The van der Waals surface area contributed by atoms with Gasteiger partial charge in [0, 0.05) is 30.7 Å². The summed E-state index contributed by atoms with van der Waals surface area (Å²) in [6.45, 7) is 8.32. The first-order chi connectivity index (χ1) is 13.7. The Balaban J connectivity index is 1.58. The topological polar surface area (TPSA) is 79.8 Å². The predicted molar refractivity (Wildman–Crippen MR) is 112 cm³/mol. The molecule has 0 spiro atoms. The highest BCUT2D eigenvalue weighted by molar-refractivity contribution is 7.89. The number of morpholine rings is 1. The van der Waals surface area contributed by atoms with E-state index in [1.54, 1.807) is 29.3 Å². The van der Waals surface area contributed by atoms with Crippen LogP contribution in [0.2, 0.25) is 0 Å². The van der Waals surface area contributed by atoms with Gasteiger partial charge in [0.1, 0.15) is 4.88 Å². The summed E-state index contributed by atoms with van der Waals surface area (Å²) in [4.78, 5) is 20.1. The average molecular weight is 436 g/mol. The second-order valence-electron chi connectivity index (χ2n) is 8.29.